The first-order valence-electron chi connectivity index (χ1n) is 16.4. The normalized spacial score (nSPS) is 25.0. The summed E-state index contributed by atoms with van der Waals surface area (Å²) in [5.74, 6) is -2.33. The molecule has 0 aromatic heterocycles. The zero-order valence-corrected chi connectivity index (χ0v) is 26.0. The Balaban J connectivity index is 1.25. The Morgan fingerprint density at radius 3 is 2.41 bits per heavy atom. The average Bonchev–Trinajstić information content (AvgIpc) is 3.57. The van der Waals surface area contributed by atoms with Crippen molar-refractivity contribution < 1.29 is 28.7 Å². The Morgan fingerprint density at radius 1 is 0.909 bits per heavy atom. The van der Waals surface area contributed by atoms with E-state index in [-0.39, 0.29) is 36.3 Å². The van der Waals surface area contributed by atoms with Crippen molar-refractivity contribution in [3.8, 4) is 0 Å². The number of carbonyl (C=O) groups excluding carboxylic acids is 5. The molecule has 0 bridgehead atoms. The summed E-state index contributed by atoms with van der Waals surface area (Å²) < 4.78 is 5.91. The van der Waals surface area contributed by atoms with Crippen LogP contribution in [0.4, 0.5) is 4.79 Å². The van der Waals surface area contributed by atoms with E-state index >= 15 is 0 Å². The molecule has 1 saturated heterocycles. The number of alkyl carbamates (subject to hydrolysis) is 1. The number of amides is 4. The average molecular weight is 629 g/mol. The maximum atomic E-state index is 13.8. The number of benzene rings is 1. The minimum atomic E-state index is -1.17. The largest absolute Gasteiger partial charge is 0.446 e. The molecule has 4 aliphatic rings. The van der Waals surface area contributed by atoms with E-state index in [1.165, 1.54) is 0 Å². The van der Waals surface area contributed by atoms with E-state index in [2.05, 4.69) is 21.3 Å². The van der Waals surface area contributed by atoms with E-state index in [4.69, 9.17) is 16.3 Å². The lowest BCUT2D eigenvalue weighted by molar-refractivity contribution is -0.141. The van der Waals surface area contributed by atoms with Crippen molar-refractivity contribution in [2.45, 2.75) is 114 Å². The van der Waals surface area contributed by atoms with Gasteiger partial charge in [-0.3, -0.25) is 19.2 Å². The van der Waals surface area contributed by atoms with Crippen LogP contribution in [0.1, 0.15) is 89.0 Å². The maximum Gasteiger partial charge on any atom is 0.408 e. The van der Waals surface area contributed by atoms with Crippen LogP contribution in [0, 0.1) is 17.8 Å². The topological polar surface area (TPSA) is 143 Å². The molecule has 4 N–H and O–H groups in total. The molecule has 0 spiro atoms. The monoisotopic (exact) mass is 628 g/mol. The molecule has 1 heterocycles. The van der Waals surface area contributed by atoms with Crippen LogP contribution in [0.25, 0.3) is 0 Å². The number of ketones is 1. The predicted molar refractivity (Wildman–Crippen MR) is 165 cm³/mol. The van der Waals surface area contributed by atoms with Gasteiger partial charge in [-0.15, -0.1) is 0 Å². The lowest BCUT2D eigenvalue weighted by atomic mass is 9.84. The highest BCUT2D eigenvalue weighted by Gasteiger charge is 2.38. The Labute approximate surface area is 264 Å². The molecule has 11 heteroatoms. The minimum Gasteiger partial charge on any atom is -0.446 e. The van der Waals surface area contributed by atoms with Crippen LogP contribution in [0.3, 0.4) is 0 Å². The highest BCUT2D eigenvalue weighted by molar-refractivity contribution is 6.38. The standard InChI is InChI=1S/C33H45ClN4O6/c34-24-10-4-8-21(17-24)16-22-9-5-11-28(22)44-33(43)38-27(18-20-6-2-1-3-7-20)31(41)37-26(19-23-14-15-35-30(23)40)29(39)32(42)36-25-12-13-25/h4,8,10,17,20,22-23,25-28H,1-3,5-7,9,11-16,18-19H2,(H,35,40)(H,36,42)(H,37,41)(H,38,43). The van der Waals surface area contributed by atoms with Gasteiger partial charge in [0.2, 0.25) is 17.6 Å². The van der Waals surface area contributed by atoms with Crippen molar-refractivity contribution in [1.29, 1.82) is 0 Å². The van der Waals surface area contributed by atoms with E-state index in [1.807, 2.05) is 24.3 Å². The van der Waals surface area contributed by atoms with Crippen LogP contribution in [-0.2, 0) is 30.3 Å². The second-order valence-electron chi connectivity index (χ2n) is 13.1. The zero-order valence-electron chi connectivity index (χ0n) is 25.3. The molecule has 1 aromatic carbocycles. The first-order valence-corrected chi connectivity index (χ1v) is 16.8. The molecule has 5 atom stereocenters. The number of nitrogens with one attached hydrogen (secondary N) is 4. The van der Waals surface area contributed by atoms with Gasteiger partial charge in [-0.25, -0.2) is 4.79 Å². The molecular formula is C33H45ClN4O6. The second-order valence-corrected chi connectivity index (χ2v) is 13.5. The summed E-state index contributed by atoms with van der Waals surface area (Å²) in [5.41, 5.74) is 1.09. The molecule has 5 rings (SSSR count). The van der Waals surface area contributed by atoms with E-state index in [1.54, 1.807) is 0 Å². The first kappa shape index (κ1) is 32.3. The van der Waals surface area contributed by atoms with Gasteiger partial charge < -0.3 is 26.0 Å². The number of hydrogen-bond acceptors (Lipinski definition) is 6. The van der Waals surface area contributed by atoms with Crippen LogP contribution in [0.15, 0.2) is 24.3 Å². The van der Waals surface area contributed by atoms with Gasteiger partial charge in [-0.1, -0.05) is 55.8 Å². The lowest BCUT2D eigenvalue weighted by Gasteiger charge is -2.29. The highest BCUT2D eigenvalue weighted by atomic mass is 35.5. The third-order valence-electron chi connectivity index (χ3n) is 9.59. The fraction of sp³-hybridized carbons (Fsp3) is 0.667. The summed E-state index contributed by atoms with van der Waals surface area (Å²) in [6, 6.07) is 5.57. The summed E-state index contributed by atoms with van der Waals surface area (Å²) in [4.78, 5) is 65.3. The minimum absolute atomic E-state index is 0.0219. The number of hydrogen-bond donors (Lipinski definition) is 4. The fourth-order valence-corrected chi connectivity index (χ4v) is 7.17. The second kappa shape index (κ2) is 15.2. The number of Topliss-reactive ketones (excluding diaryl/α,β-unsaturated/α-hetero) is 1. The Morgan fingerprint density at radius 2 is 1.70 bits per heavy atom. The van der Waals surface area contributed by atoms with Crippen molar-refractivity contribution in [2.24, 2.45) is 17.8 Å². The third-order valence-corrected chi connectivity index (χ3v) is 9.82. The van der Waals surface area contributed by atoms with Gasteiger partial charge in [-0.2, -0.15) is 0 Å². The SMILES string of the molecule is O=C(NC(CC1CCCCC1)C(=O)NC(CC1CCNC1=O)C(=O)C(=O)NC1CC1)OC1CCCC1Cc1cccc(Cl)c1. The van der Waals surface area contributed by atoms with Gasteiger partial charge in [0.25, 0.3) is 5.91 Å². The third kappa shape index (κ3) is 9.19. The highest BCUT2D eigenvalue weighted by Crippen LogP contribution is 2.32. The number of ether oxygens (including phenoxy) is 1. The van der Waals surface area contributed by atoms with Gasteiger partial charge in [0, 0.05) is 29.4 Å². The summed E-state index contributed by atoms with van der Waals surface area (Å²) in [6.45, 7) is 0.490. The molecule has 1 aliphatic heterocycles. The Kier molecular flexibility index (Phi) is 11.2. The van der Waals surface area contributed by atoms with Crippen molar-refractivity contribution in [2.75, 3.05) is 6.54 Å². The van der Waals surface area contributed by atoms with Crippen molar-refractivity contribution in [3.63, 3.8) is 0 Å². The van der Waals surface area contributed by atoms with Crippen LogP contribution in [0.5, 0.6) is 0 Å². The van der Waals surface area contributed by atoms with Crippen molar-refractivity contribution in [1.82, 2.24) is 21.3 Å². The fourth-order valence-electron chi connectivity index (χ4n) is 6.96. The van der Waals surface area contributed by atoms with Gasteiger partial charge in [0.15, 0.2) is 0 Å². The van der Waals surface area contributed by atoms with Gasteiger partial charge in [-0.05, 0) is 81.4 Å². The molecule has 3 saturated carbocycles. The van der Waals surface area contributed by atoms with Gasteiger partial charge in [0.1, 0.15) is 12.1 Å². The van der Waals surface area contributed by atoms with Crippen molar-refractivity contribution in [3.05, 3.63) is 34.9 Å². The predicted octanol–water partition coefficient (Wildman–Crippen LogP) is 3.98. The van der Waals surface area contributed by atoms with Crippen molar-refractivity contribution >= 4 is 41.2 Å². The summed E-state index contributed by atoms with van der Waals surface area (Å²) in [6.07, 6.45) is 10.2. The quantitative estimate of drug-likeness (QED) is 0.244. The van der Waals surface area contributed by atoms with E-state index in [0.717, 1.165) is 76.2 Å². The molecule has 240 valence electrons. The smallest absolute Gasteiger partial charge is 0.408 e. The first-order chi connectivity index (χ1) is 21.2. The molecule has 4 fully saturated rings. The molecule has 10 nitrogen and oxygen atoms in total. The van der Waals surface area contributed by atoms with E-state index in [9.17, 15) is 24.0 Å². The Bertz CT molecular complexity index is 1220. The zero-order chi connectivity index (χ0) is 31.1. The van der Waals surface area contributed by atoms with Gasteiger partial charge in [0.05, 0.1) is 6.04 Å². The summed E-state index contributed by atoms with van der Waals surface area (Å²) in [5, 5.41) is 11.7. The molecule has 5 unspecified atom stereocenters. The number of halogens is 1. The summed E-state index contributed by atoms with van der Waals surface area (Å²) in [7, 11) is 0. The van der Waals surface area contributed by atoms with Crippen LogP contribution in [0.2, 0.25) is 5.02 Å². The number of rotatable bonds is 13. The van der Waals surface area contributed by atoms with Crippen LogP contribution < -0.4 is 21.3 Å². The number of carbonyl (C=O) groups is 5. The Hall–Kier alpha value is -3.14. The molecule has 0 radical (unpaired) electrons. The molecule has 1 aromatic rings. The van der Waals surface area contributed by atoms with Gasteiger partial charge >= 0.3 is 6.09 Å². The van der Waals surface area contributed by atoms with E-state index < -0.39 is 41.7 Å². The van der Waals surface area contributed by atoms with E-state index in [0.29, 0.717) is 24.4 Å². The van der Waals surface area contributed by atoms with Crippen LogP contribution in [-0.4, -0.2) is 60.4 Å². The van der Waals surface area contributed by atoms with Crippen LogP contribution >= 0.6 is 11.6 Å². The summed E-state index contributed by atoms with van der Waals surface area (Å²) >= 11 is 6.17. The molecule has 4 amide bonds. The molecule has 3 aliphatic carbocycles. The lowest BCUT2D eigenvalue weighted by Crippen LogP contribution is -2.55. The maximum absolute atomic E-state index is 13.8. The molecular weight excluding hydrogens is 584 g/mol. The molecule has 44 heavy (non-hydrogen) atoms.